The highest BCUT2D eigenvalue weighted by atomic mass is 16.7. The van der Waals surface area contributed by atoms with Crippen LogP contribution < -0.4 is 5.73 Å². The molecule has 0 aromatic heterocycles. The van der Waals surface area contributed by atoms with E-state index in [1.54, 1.807) is 0 Å². The third kappa shape index (κ3) is 2.33. The lowest BCUT2D eigenvalue weighted by molar-refractivity contribution is -0.182. The molecule has 1 amide bonds. The van der Waals surface area contributed by atoms with Crippen LogP contribution in [0.1, 0.15) is 12.8 Å². The van der Waals surface area contributed by atoms with Gasteiger partial charge in [0, 0.05) is 0 Å². The van der Waals surface area contributed by atoms with Crippen molar-refractivity contribution in [3.05, 3.63) is 0 Å². The molecule has 0 aromatic rings. The van der Waals surface area contributed by atoms with Gasteiger partial charge in [-0.2, -0.15) is 0 Å². The first kappa shape index (κ1) is 7.50. The van der Waals surface area contributed by atoms with Crippen LogP contribution in [-0.2, 0) is 14.3 Å². The van der Waals surface area contributed by atoms with Crippen LogP contribution in [0.2, 0.25) is 0 Å². The largest absolute Gasteiger partial charge is 0.370 e. The van der Waals surface area contributed by atoms with E-state index in [-0.39, 0.29) is 12.3 Å². The summed E-state index contributed by atoms with van der Waals surface area (Å²) >= 11 is 0. The van der Waals surface area contributed by atoms with Crippen LogP contribution >= 0.6 is 0 Å². The Hall–Kier alpha value is -0.610. The fourth-order valence-corrected chi connectivity index (χ4v) is 0.819. The number of ether oxygens (including phenoxy) is 2. The Morgan fingerprint density at radius 2 is 2.10 bits per heavy atom. The van der Waals surface area contributed by atoms with Crippen molar-refractivity contribution in [1.82, 2.24) is 0 Å². The Labute approximate surface area is 59.3 Å². The second-order valence-electron chi connectivity index (χ2n) is 2.20. The Bertz CT molecular complexity index is 120. The number of nitrogens with two attached hydrogens (primary N) is 1. The maximum Gasteiger partial charge on any atom is 0.222 e. The highest BCUT2D eigenvalue weighted by molar-refractivity contribution is 5.74. The molecule has 2 N–H and O–H groups in total. The molecule has 0 atom stereocenters. The van der Waals surface area contributed by atoms with E-state index in [2.05, 4.69) is 0 Å². The van der Waals surface area contributed by atoms with E-state index in [0.29, 0.717) is 13.2 Å². The second-order valence-corrected chi connectivity index (χ2v) is 2.20. The topological polar surface area (TPSA) is 61.6 Å². The predicted molar refractivity (Wildman–Crippen MR) is 34.1 cm³/mol. The lowest BCUT2D eigenvalue weighted by atomic mass is 10.3. The SMILES string of the molecule is NC(=O)CC1OCCCO1. The molecule has 0 saturated carbocycles. The first-order valence-corrected chi connectivity index (χ1v) is 3.30. The first-order chi connectivity index (χ1) is 4.79. The molecule has 4 heteroatoms. The van der Waals surface area contributed by atoms with Crippen LogP contribution in [0, 0.1) is 0 Å². The Morgan fingerprint density at radius 1 is 1.50 bits per heavy atom. The van der Waals surface area contributed by atoms with Crippen molar-refractivity contribution in [2.75, 3.05) is 13.2 Å². The maximum atomic E-state index is 10.3. The molecular weight excluding hydrogens is 134 g/mol. The van der Waals surface area contributed by atoms with Crippen LogP contribution in [0.15, 0.2) is 0 Å². The van der Waals surface area contributed by atoms with Crippen LogP contribution in [-0.4, -0.2) is 25.4 Å². The van der Waals surface area contributed by atoms with Crippen LogP contribution in [0.4, 0.5) is 0 Å². The zero-order chi connectivity index (χ0) is 7.40. The normalized spacial score (nSPS) is 20.8. The monoisotopic (exact) mass is 145 g/mol. The van der Waals surface area contributed by atoms with Gasteiger partial charge in [-0.05, 0) is 6.42 Å². The zero-order valence-electron chi connectivity index (χ0n) is 5.71. The van der Waals surface area contributed by atoms with Crippen molar-refractivity contribution in [3.8, 4) is 0 Å². The van der Waals surface area contributed by atoms with Gasteiger partial charge in [0.15, 0.2) is 6.29 Å². The molecule has 1 rings (SSSR count). The predicted octanol–water partition coefficient (Wildman–Crippen LogP) is -0.375. The molecule has 1 aliphatic rings. The second kappa shape index (κ2) is 3.53. The number of carbonyl (C=O) groups excluding carboxylic acids is 1. The van der Waals surface area contributed by atoms with Crippen LogP contribution in [0.5, 0.6) is 0 Å². The number of hydrogen-bond acceptors (Lipinski definition) is 3. The molecule has 0 aliphatic carbocycles. The lowest BCUT2D eigenvalue weighted by Crippen LogP contribution is -2.29. The van der Waals surface area contributed by atoms with Gasteiger partial charge in [0.1, 0.15) is 0 Å². The summed E-state index contributed by atoms with van der Waals surface area (Å²) in [5.74, 6) is -0.383. The third-order valence-corrected chi connectivity index (χ3v) is 1.26. The molecular formula is C6H11NO3. The summed E-state index contributed by atoms with van der Waals surface area (Å²) in [7, 11) is 0. The Morgan fingerprint density at radius 3 is 2.60 bits per heavy atom. The highest BCUT2D eigenvalue weighted by Gasteiger charge is 2.15. The summed E-state index contributed by atoms with van der Waals surface area (Å²) in [6.45, 7) is 1.33. The fraction of sp³-hybridized carbons (Fsp3) is 0.833. The number of rotatable bonds is 2. The summed E-state index contributed by atoms with van der Waals surface area (Å²) in [6, 6.07) is 0. The first-order valence-electron chi connectivity index (χ1n) is 3.30. The minimum Gasteiger partial charge on any atom is -0.370 e. The van der Waals surface area contributed by atoms with E-state index < -0.39 is 6.29 Å². The van der Waals surface area contributed by atoms with Crippen LogP contribution in [0.25, 0.3) is 0 Å². The Balaban J connectivity index is 2.19. The minimum atomic E-state index is -0.397. The van der Waals surface area contributed by atoms with Gasteiger partial charge < -0.3 is 15.2 Å². The van der Waals surface area contributed by atoms with Crippen molar-refractivity contribution in [1.29, 1.82) is 0 Å². The standard InChI is InChI=1S/C6H11NO3/c7-5(8)4-6-9-2-1-3-10-6/h6H,1-4H2,(H2,7,8). The van der Waals surface area contributed by atoms with E-state index in [0.717, 1.165) is 6.42 Å². The lowest BCUT2D eigenvalue weighted by Gasteiger charge is -2.21. The molecule has 10 heavy (non-hydrogen) atoms. The molecule has 0 spiro atoms. The smallest absolute Gasteiger partial charge is 0.222 e. The molecule has 4 nitrogen and oxygen atoms in total. The van der Waals surface area contributed by atoms with Crippen molar-refractivity contribution >= 4 is 5.91 Å². The van der Waals surface area contributed by atoms with E-state index in [1.807, 2.05) is 0 Å². The number of carbonyl (C=O) groups is 1. The summed E-state index contributed by atoms with van der Waals surface area (Å²) in [4.78, 5) is 10.3. The average Bonchev–Trinajstić information content (AvgIpc) is 1.88. The summed E-state index contributed by atoms with van der Waals surface area (Å²) in [6.07, 6.45) is 0.668. The number of amides is 1. The number of hydrogen-bond donors (Lipinski definition) is 1. The molecule has 0 aromatic carbocycles. The Kier molecular flexibility index (Phi) is 2.65. The van der Waals surface area contributed by atoms with Crippen molar-refractivity contribution in [2.24, 2.45) is 5.73 Å². The molecule has 0 unspecified atom stereocenters. The van der Waals surface area contributed by atoms with Gasteiger partial charge in [-0.15, -0.1) is 0 Å². The van der Waals surface area contributed by atoms with Crippen LogP contribution in [0.3, 0.4) is 0 Å². The van der Waals surface area contributed by atoms with Crippen molar-refractivity contribution in [2.45, 2.75) is 19.1 Å². The molecule has 1 saturated heterocycles. The molecule has 0 bridgehead atoms. The van der Waals surface area contributed by atoms with Gasteiger partial charge in [-0.3, -0.25) is 4.79 Å². The average molecular weight is 145 g/mol. The molecule has 1 aliphatic heterocycles. The van der Waals surface area contributed by atoms with Gasteiger partial charge >= 0.3 is 0 Å². The molecule has 0 radical (unpaired) electrons. The third-order valence-electron chi connectivity index (χ3n) is 1.26. The summed E-state index contributed by atoms with van der Waals surface area (Å²) in [5, 5.41) is 0. The van der Waals surface area contributed by atoms with Gasteiger partial charge in [0.05, 0.1) is 19.6 Å². The molecule has 58 valence electrons. The van der Waals surface area contributed by atoms with E-state index in [9.17, 15) is 4.79 Å². The molecule has 1 fully saturated rings. The summed E-state index contributed by atoms with van der Waals surface area (Å²) in [5.41, 5.74) is 4.92. The molecule has 1 heterocycles. The van der Waals surface area contributed by atoms with Gasteiger partial charge in [0.25, 0.3) is 0 Å². The quantitative estimate of drug-likeness (QED) is 0.576. The number of primary amides is 1. The van der Waals surface area contributed by atoms with E-state index >= 15 is 0 Å². The highest BCUT2D eigenvalue weighted by Crippen LogP contribution is 2.07. The van der Waals surface area contributed by atoms with Crippen molar-refractivity contribution in [3.63, 3.8) is 0 Å². The van der Waals surface area contributed by atoms with Gasteiger partial charge in [-0.25, -0.2) is 0 Å². The fourth-order valence-electron chi connectivity index (χ4n) is 0.819. The summed E-state index contributed by atoms with van der Waals surface area (Å²) < 4.78 is 10.1. The van der Waals surface area contributed by atoms with E-state index in [1.165, 1.54) is 0 Å². The minimum absolute atomic E-state index is 0.167. The maximum absolute atomic E-state index is 10.3. The van der Waals surface area contributed by atoms with Crippen molar-refractivity contribution < 1.29 is 14.3 Å². The van der Waals surface area contributed by atoms with Gasteiger partial charge in [0.2, 0.25) is 5.91 Å². The van der Waals surface area contributed by atoms with Gasteiger partial charge in [-0.1, -0.05) is 0 Å². The zero-order valence-corrected chi connectivity index (χ0v) is 5.71. The van der Waals surface area contributed by atoms with E-state index in [4.69, 9.17) is 15.2 Å².